The number of ether oxygens (including phenoxy) is 1. The quantitative estimate of drug-likeness (QED) is 0.683. The number of hydrogen-bond donors (Lipinski definition) is 2. The predicted octanol–water partition coefficient (Wildman–Crippen LogP) is 2.71. The maximum absolute atomic E-state index is 12.4. The third-order valence-corrected chi connectivity index (χ3v) is 5.42. The number of anilines is 1. The summed E-state index contributed by atoms with van der Waals surface area (Å²) < 4.78 is 32.1. The van der Waals surface area contributed by atoms with E-state index in [9.17, 15) is 18.0 Å². The topological polar surface area (TPSA) is 102 Å². The van der Waals surface area contributed by atoms with Gasteiger partial charge in [-0.3, -0.25) is 9.59 Å². The molecule has 2 N–H and O–H groups in total. The maximum atomic E-state index is 12.4. The lowest BCUT2D eigenvalue weighted by atomic mass is 10.2. The van der Waals surface area contributed by atoms with Gasteiger partial charge in [0.15, 0.2) is 0 Å². The van der Waals surface area contributed by atoms with Gasteiger partial charge in [0.25, 0.3) is 0 Å². The van der Waals surface area contributed by atoms with Crippen LogP contribution in [0.2, 0.25) is 5.02 Å². The fourth-order valence-electron chi connectivity index (χ4n) is 2.16. The molecule has 0 aliphatic carbocycles. The second-order valence-corrected chi connectivity index (χ2v) is 7.87. The van der Waals surface area contributed by atoms with Gasteiger partial charge < -0.3 is 10.1 Å². The Labute approximate surface area is 162 Å². The third kappa shape index (κ3) is 6.06. The van der Waals surface area contributed by atoms with Gasteiger partial charge in [-0.25, -0.2) is 8.42 Å². The molecule has 7 nitrogen and oxygen atoms in total. The first-order chi connectivity index (χ1) is 12.7. The molecule has 1 unspecified atom stereocenters. The van der Waals surface area contributed by atoms with Gasteiger partial charge in [0, 0.05) is 23.2 Å². The van der Waals surface area contributed by atoms with E-state index in [4.69, 9.17) is 16.3 Å². The third-order valence-electron chi connectivity index (χ3n) is 3.50. The van der Waals surface area contributed by atoms with Crippen molar-refractivity contribution in [1.82, 2.24) is 4.72 Å². The van der Waals surface area contributed by atoms with Crippen molar-refractivity contribution < 1.29 is 22.7 Å². The number of carbonyl (C=O) groups excluding carboxylic acids is 2. The number of benzene rings is 2. The minimum Gasteiger partial charge on any atom is -0.460 e. The largest absolute Gasteiger partial charge is 0.460 e. The highest BCUT2D eigenvalue weighted by molar-refractivity contribution is 7.89. The molecule has 0 fully saturated rings. The van der Waals surface area contributed by atoms with Crippen LogP contribution in [-0.4, -0.2) is 26.3 Å². The van der Waals surface area contributed by atoms with Crippen LogP contribution < -0.4 is 10.0 Å². The van der Waals surface area contributed by atoms with Crippen molar-refractivity contribution in [3.63, 3.8) is 0 Å². The summed E-state index contributed by atoms with van der Waals surface area (Å²) in [5.74, 6) is -0.994. The van der Waals surface area contributed by atoms with Crippen LogP contribution >= 0.6 is 11.6 Å². The van der Waals surface area contributed by atoms with Gasteiger partial charge >= 0.3 is 5.97 Å². The molecule has 0 spiro atoms. The van der Waals surface area contributed by atoms with E-state index in [0.717, 1.165) is 0 Å². The van der Waals surface area contributed by atoms with Crippen LogP contribution in [0.15, 0.2) is 53.4 Å². The monoisotopic (exact) mass is 410 g/mol. The molecule has 0 aliphatic rings. The molecule has 0 saturated carbocycles. The van der Waals surface area contributed by atoms with E-state index in [-0.39, 0.29) is 17.4 Å². The summed E-state index contributed by atoms with van der Waals surface area (Å²) in [6, 6.07) is 11.4. The molecule has 1 atom stereocenters. The lowest BCUT2D eigenvalue weighted by molar-refractivity contribution is -0.146. The molecule has 0 radical (unpaired) electrons. The van der Waals surface area contributed by atoms with Crippen LogP contribution in [0, 0.1) is 0 Å². The standard InChI is InChI=1S/C18H19ClN2O5S/c1-12(18(23)26-11-14-5-3-4-6-17(14)19)21-27(24,25)16-9-7-15(8-10-16)20-13(2)22/h3-10,12,21H,11H2,1-2H3,(H,20,22). The normalized spacial score (nSPS) is 12.3. The van der Waals surface area contributed by atoms with Crippen molar-refractivity contribution in [3.8, 4) is 0 Å². The Kier molecular flexibility index (Phi) is 6.95. The molecular weight excluding hydrogens is 392 g/mol. The van der Waals surface area contributed by atoms with E-state index < -0.39 is 22.0 Å². The highest BCUT2D eigenvalue weighted by Crippen LogP contribution is 2.17. The van der Waals surface area contributed by atoms with Crippen molar-refractivity contribution >= 4 is 39.2 Å². The fourth-order valence-corrected chi connectivity index (χ4v) is 3.54. The molecule has 0 aliphatic heterocycles. The van der Waals surface area contributed by atoms with Gasteiger partial charge in [0.2, 0.25) is 15.9 Å². The van der Waals surface area contributed by atoms with E-state index in [1.807, 2.05) is 0 Å². The highest BCUT2D eigenvalue weighted by Gasteiger charge is 2.23. The van der Waals surface area contributed by atoms with E-state index in [0.29, 0.717) is 16.3 Å². The van der Waals surface area contributed by atoms with Crippen LogP contribution in [0.4, 0.5) is 5.69 Å². The molecule has 2 aromatic carbocycles. The van der Waals surface area contributed by atoms with Crippen molar-refractivity contribution in [2.24, 2.45) is 0 Å². The number of nitrogens with one attached hydrogen (secondary N) is 2. The van der Waals surface area contributed by atoms with Crippen LogP contribution in [0.5, 0.6) is 0 Å². The minimum atomic E-state index is -3.93. The number of amides is 1. The summed E-state index contributed by atoms with van der Waals surface area (Å²) in [7, 11) is -3.93. The van der Waals surface area contributed by atoms with E-state index in [1.165, 1.54) is 38.1 Å². The molecule has 0 heterocycles. The smallest absolute Gasteiger partial charge is 0.324 e. The Bertz CT molecular complexity index is 929. The first kappa shape index (κ1) is 20.9. The van der Waals surface area contributed by atoms with E-state index in [1.54, 1.807) is 24.3 Å². The molecule has 2 rings (SSSR count). The second-order valence-electron chi connectivity index (χ2n) is 5.75. The molecule has 1 amide bonds. The number of halogens is 1. The number of esters is 1. The van der Waals surface area contributed by atoms with Crippen LogP contribution in [0.1, 0.15) is 19.4 Å². The fraction of sp³-hybridized carbons (Fsp3) is 0.222. The average molecular weight is 411 g/mol. The summed E-state index contributed by atoms with van der Waals surface area (Å²) >= 11 is 5.99. The average Bonchev–Trinajstić information content (AvgIpc) is 2.60. The first-order valence-corrected chi connectivity index (χ1v) is 9.85. The van der Waals surface area contributed by atoms with Crippen molar-refractivity contribution in [1.29, 1.82) is 0 Å². The molecule has 0 saturated heterocycles. The minimum absolute atomic E-state index is 0.0395. The zero-order valence-corrected chi connectivity index (χ0v) is 16.3. The molecule has 9 heteroatoms. The molecular formula is C18H19ClN2O5S. The van der Waals surface area contributed by atoms with Crippen molar-refractivity contribution in [2.75, 3.05) is 5.32 Å². The zero-order valence-electron chi connectivity index (χ0n) is 14.7. The van der Waals surface area contributed by atoms with Gasteiger partial charge in [-0.1, -0.05) is 29.8 Å². The lowest BCUT2D eigenvalue weighted by Crippen LogP contribution is -2.39. The second kappa shape index (κ2) is 8.98. The van der Waals surface area contributed by atoms with Crippen LogP contribution in [-0.2, 0) is 31.0 Å². The van der Waals surface area contributed by atoms with Gasteiger partial charge in [-0.05, 0) is 37.3 Å². The Morgan fingerprint density at radius 1 is 1.11 bits per heavy atom. The van der Waals surface area contributed by atoms with E-state index in [2.05, 4.69) is 10.0 Å². The Morgan fingerprint density at radius 2 is 1.74 bits per heavy atom. The van der Waals surface area contributed by atoms with Crippen LogP contribution in [0.25, 0.3) is 0 Å². The summed E-state index contributed by atoms with van der Waals surface area (Å²) in [4.78, 5) is 23.0. The molecule has 2 aromatic rings. The van der Waals surface area contributed by atoms with Gasteiger partial charge in [-0.15, -0.1) is 0 Å². The summed E-state index contributed by atoms with van der Waals surface area (Å²) in [5, 5.41) is 3.00. The Morgan fingerprint density at radius 3 is 2.33 bits per heavy atom. The zero-order chi connectivity index (χ0) is 20.0. The predicted molar refractivity (Wildman–Crippen MR) is 102 cm³/mol. The number of hydrogen-bond acceptors (Lipinski definition) is 5. The number of sulfonamides is 1. The van der Waals surface area contributed by atoms with Gasteiger partial charge in [0.05, 0.1) is 4.90 Å². The van der Waals surface area contributed by atoms with Crippen molar-refractivity contribution in [3.05, 3.63) is 59.1 Å². The lowest BCUT2D eigenvalue weighted by Gasteiger charge is -2.14. The summed E-state index contributed by atoms with van der Waals surface area (Å²) in [6.07, 6.45) is 0. The Hall–Kier alpha value is -2.42. The number of rotatable bonds is 7. The van der Waals surface area contributed by atoms with Crippen molar-refractivity contribution in [2.45, 2.75) is 31.4 Å². The SMILES string of the molecule is CC(=O)Nc1ccc(S(=O)(=O)NC(C)C(=O)OCc2ccccc2Cl)cc1. The van der Waals surface area contributed by atoms with Gasteiger partial charge in [0.1, 0.15) is 12.6 Å². The molecule has 27 heavy (non-hydrogen) atoms. The van der Waals surface area contributed by atoms with E-state index >= 15 is 0 Å². The summed E-state index contributed by atoms with van der Waals surface area (Å²) in [6.45, 7) is 2.68. The molecule has 144 valence electrons. The van der Waals surface area contributed by atoms with Crippen LogP contribution in [0.3, 0.4) is 0 Å². The number of carbonyl (C=O) groups is 2. The van der Waals surface area contributed by atoms with Gasteiger partial charge in [-0.2, -0.15) is 4.72 Å². The Balaban J connectivity index is 1.98. The maximum Gasteiger partial charge on any atom is 0.324 e. The molecule has 0 bridgehead atoms. The highest BCUT2D eigenvalue weighted by atomic mass is 35.5. The summed E-state index contributed by atoms with van der Waals surface area (Å²) in [5.41, 5.74) is 1.09. The molecule has 0 aromatic heterocycles. The first-order valence-electron chi connectivity index (χ1n) is 7.99.